The van der Waals surface area contributed by atoms with Crippen LogP contribution in [0.25, 0.3) is 0 Å². The number of nitrogens with zero attached hydrogens (tertiary/aromatic N) is 1. The first-order valence-electron chi connectivity index (χ1n) is 7.51. The van der Waals surface area contributed by atoms with Gasteiger partial charge in [0.15, 0.2) is 0 Å². The van der Waals surface area contributed by atoms with E-state index in [4.69, 9.17) is 4.74 Å². The molecule has 1 aromatic rings. The highest BCUT2D eigenvalue weighted by Crippen LogP contribution is 2.29. The van der Waals surface area contributed by atoms with Crippen molar-refractivity contribution in [2.45, 2.75) is 33.2 Å². The Bertz CT molecular complexity index is 404. The Morgan fingerprint density at radius 2 is 2.15 bits per heavy atom. The zero-order valence-corrected chi connectivity index (χ0v) is 13.1. The number of anilines is 1. The van der Waals surface area contributed by atoms with Gasteiger partial charge in [-0.15, -0.1) is 6.58 Å². The van der Waals surface area contributed by atoms with Gasteiger partial charge in [0.25, 0.3) is 0 Å². The first kappa shape index (κ1) is 16.6. The molecule has 0 aliphatic carbocycles. The molecule has 0 radical (unpaired) electrons. The average molecular weight is 276 g/mol. The quantitative estimate of drug-likeness (QED) is 0.522. The minimum Gasteiger partial charge on any atom is -0.492 e. The Kier molecular flexibility index (Phi) is 7.81. The smallest absolute Gasteiger partial charge is 0.142 e. The molecule has 0 aliphatic rings. The Balaban J connectivity index is 2.80. The van der Waals surface area contributed by atoms with Crippen molar-refractivity contribution in [1.29, 1.82) is 0 Å². The lowest BCUT2D eigenvalue weighted by Crippen LogP contribution is -2.19. The fourth-order valence-corrected chi connectivity index (χ4v) is 2.09. The summed E-state index contributed by atoms with van der Waals surface area (Å²) in [6, 6.07) is 6.46. The van der Waals surface area contributed by atoms with Crippen LogP contribution in [0.3, 0.4) is 0 Å². The van der Waals surface area contributed by atoms with Gasteiger partial charge < -0.3 is 15.0 Å². The van der Waals surface area contributed by atoms with Crippen molar-refractivity contribution in [2.24, 2.45) is 0 Å². The monoisotopic (exact) mass is 276 g/mol. The van der Waals surface area contributed by atoms with E-state index in [-0.39, 0.29) is 0 Å². The minimum atomic E-state index is 0.693. The van der Waals surface area contributed by atoms with E-state index >= 15 is 0 Å². The van der Waals surface area contributed by atoms with Crippen LogP contribution in [0, 0.1) is 0 Å². The molecule has 0 unspecified atom stereocenters. The van der Waals surface area contributed by atoms with Gasteiger partial charge in [-0.25, -0.2) is 0 Å². The van der Waals surface area contributed by atoms with Crippen LogP contribution in [0.5, 0.6) is 5.75 Å². The SMILES string of the molecule is C=CCNCc1ccc(N(C)CCCC)c(OCC)c1. The van der Waals surface area contributed by atoms with Gasteiger partial charge in [-0.1, -0.05) is 25.5 Å². The summed E-state index contributed by atoms with van der Waals surface area (Å²) >= 11 is 0. The number of rotatable bonds is 10. The summed E-state index contributed by atoms with van der Waals surface area (Å²) in [5.41, 5.74) is 2.41. The van der Waals surface area contributed by atoms with E-state index in [0.717, 1.165) is 25.4 Å². The van der Waals surface area contributed by atoms with Crippen molar-refractivity contribution in [3.05, 3.63) is 36.4 Å². The third-order valence-electron chi connectivity index (χ3n) is 3.20. The number of nitrogens with one attached hydrogen (secondary N) is 1. The molecule has 0 heterocycles. The predicted molar refractivity (Wildman–Crippen MR) is 87.7 cm³/mol. The minimum absolute atomic E-state index is 0.693. The Morgan fingerprint density at radius 1 is 1.35 bits per heavy atom. The molecule has 1 aromatic carbocycles. The van der Waals surface area contributed by atoms with Gasteiger partial charge >= 0.3 is 0 Å². The molecule has 0 atom stereocenters. The fraction of sp³-hybridized carbons (Fsp3) is 0.529. The Labute approximate surface area is 123 Å². The van der Waals surface area contributed by atoms with Crippen LogP contribution in [-0.4, -0.2) is 26.7 Å². The lowest BCUT2D eigenvalue weighted by atomic mass is 10.1. The van der Waals surface area contributed by atoms with Crippen LogP contribution in [0.2, 0.25) is 0 Å². The fourth-order valence-electron chi connectivity index (χ4n) is 2.09. The van der Waals surface area contributed by atoms with Crippen LogP contribution in [0.4, 0.5) is 5.69 Å². The molecule has 3 nitrogen and oxygen atoms in total. The van der Waals surface area contributed by atoms with E-state index < -0.39 is 0 Å². The zero-order valence-electron chi connectivity index (χ0n) is 13.1. The van der Waals surface area contributed by atoms with Crippen LogP contribution in [0.15, 0.2) is 30.9 Å². The van der Waals surface area contributed by atoms with Crippen molar-refractivity contribution in [3.63, 3.8) is 0 Å². The highest BCUT2D eigenvalue weighted by molar-refractivity contribution is 5.59. The van der Waals surface area contributed by atoms with Crippen LogP contribution >= 0.6 is 0 Å². The number of hydrogen-bond acceptors (Lipinski definition) is 3. The lowest BCUT2D eigenvalue weighted by Gasteiger charge is -2.22. The molecule has 3 heteroatoms. The summed E-state index contributed by atoms with van der Waals surface area (Å²) < 4.78 is 5.80. The molecule has 0 spiro atoms. The molecule has 0 bridgehead atoms. The lowest BCUT2D eigenvalue weighted by molar-refractivity contribution is 0.340. The van der Waals surface area contributed by atoms with Gasteiger partial charge in [0.1, 0.15) is 5.75 Å². The number of benzene rings is 1. The predicted octanol–water partition coefficient (Wildman–Crippen LogP) is 3.60. The van der Waals surface area contributed by atoms with Gasteiger partial charge in [-0.3, -0.25) is 0 Å². The van der Waals surface area contributed by atoms with Crippen LogP contribution < -0.4 is 15.0 Å². The average Bonchev–Trinajstić information content (AvgIpc) is 2.46. The molecule has 0 aliphatic heterocycles. The van der Waals surface area contributed by atoms with Crippen molar-refractivity contribution < 1.29 is 4.74 Å². The van der Waals surface area contributed by atoms with E-state index in [1.165, 1.54) is 24.1 Å². The first-order valence-corrected chi connectivity index (χ1v) is 7.51. The first-order chi connectivity index (χ1) is 9.72. The summed E-state index contributed by atoms with van der Waals surface area (Å²) in [6.07, 6.45) is 4.28. The largest absolute Gasteiger partial charge is 0.492 e. The van der Waals surface area contributed by atoms with E-state index in [2.05, 4.69) is 49.0 Å². The van der Waals surface area contributed by atoms with Gasteiger partial charge in [0.2, 0.25) is 0 Å². The second kappa shape index (κ2) is 9.43. The molecule has 1 rings (SSSR count). The van der Waals surface area contributed by atoms with Crippen molar-refractivity contribution in [1.82, 2.24) is 5.32 Å². The molecular formula is C17H28N2O. The van der Waals surface area contributed by atoms with E-state index in [1.807, 2.05) is 13.0 Å². The molecule has 0 saturated heterocycles. The number of hydrogen-bond donors (Lipinski definition) is 1. The van der Waals surface area contributed by atoms with E-state index in [0.29, 0.717) is 6.61 Å². The molecule has 1 N–H and O–H groups in total. The second-order valence-corrected chi connectivity index (χ2v) is 4.93. The Morgan fingerprint density at radius 3 is 2.80 bits per heavy atom. The van der Waals surface area contributed by atoms with Crippen LogP contribution in [0.1, 0.15) is 32.3 Å². The molecule has 0 amide bonds. The topological polar surface area (TPSA) is 24.5 Å². The third-order valence-corrected chi connectivity index (χ3v) is 3.20. The molecule has 0 aromatic heterocycles. The molecule has 20 heavy (non-hydrogen) atoms. The highest BCUT2D eigenvalue weighted by atomic mass is 16.5. The van der Waals surface area contributed by atoms with E-state index in [1.54, 1.807) is 0 Å². The number of ether oxygens (including phenoxy) is 1. The second-order valence-electron chi connectivity index (χ2n) is 4.93. The van der Waals surface area contributed by atoms with Crippen molar-refractivity contribution >= 4 is 5.69 Å². The van der Waals surface area contributed by atoms with Gasteiger partial charge in [0, 0.05) is 26.7 Å². The van der Waals surface area contributed by atoms with Gasteiger partial charge in [0.05, 0.1) is 12.3 Å². The maximum atomic E-state index is 5.80. The van der Waals surface area contributed by atoms with E-state index in [9.17, 15) is 0 Å². The molecule has 112 valence electrons. The summed E-state index contributed by atoms with van der Waals surface area (Å²) in [4.78, 5) is 2.27. The zero-order chi connectivity index (χ0) is 14.8. The Hall–Kier alpha value is -1.48. The maximum absolute atomic E-state index is 5.80. The summed E-state index contributed by atoms with van der Waals surface area (Å²) in [6.45, 7) is 11.4. The molecular weight excluding hydrogens is 248 g/mol. The highest BCUT2D eigenvalue weighted by Gasteiger charge is 2.09. The van der Waals surface area contributed by atoms with Crippen molar-refractivity contribution in [3.8, 4) is 5.75 Å². The molecule has 0 saturated carbocycles. The summed E-state index contributed by atoms with van der Waals surface area (Å²) in [7, 11) is 2.13. The summed E-state index contributed by atoms with van der Waals surface area (Å²) in [5, 5.41) is 3.32. The van der Waals surface area contributed by atoms with Crippen molar-refractivity contribution in [2.75, 3.05) is 31.6 Å². The van der Waals surface area contributed by atoms with Gasteiger partial charge in [-0.2, -0.15) is 0 Å². The van der Waals surface area contributed by atoms with Crippen LogP contribution in [-0.2, 0) is 6.54 Å². The standard InChI is InChI=1S/C17H28N2O/c1-5-8-12-19(4)16-10-9-15(14-18-11-6-2)13-17(16)20-7-3/h6,9-10,13,18H,2,5,7-8,11-12,14H2,1,3-4H3. The normalized spacial score (nSPS) is 10.3. The molecule has 0 fully saturated rings. The number of unbranched alkanes of at least 4 members (excludes halogenated alkanes) is 1. The van der Waals surface area contributed by atoms with Gasteiger partial charge in [-0.05, 0) is 31.0 Å². The maximum Gasteiger partial charge on any atom is 0.142 e. The summed E-state index contributed by atoms with van der Waals surface area (Å²) in [5.74, 6) is 0.976. The third kappa shape index (κ3) is 5.25.